The fraction of sp³-hybridized carbons (Fsp3) is 0.455. The minimum absolute atomic E-state index is 0.0181. The van der Waals surface area contributed by atoms with Gasteiger partial charge in [0.1, 0.15) is 0 Å². The number of rotatable bonds is 5. The molecule has 0 aromatic heterocycles. The van der Waals surface area contributed by atoms with Crippen LogP contribution in [0.3, 0.4) is 0 Å². The second-order valence-corrected chi connectivity index (χ2v) is 6.65. The number of nitrogens with one attached hydrogen (secondary N) is 1. The van der Waals surface area contributed by atoms with Crippen molar-refractivity contribution in [1.82, 2.24) is 4.72 Å². The van der Waals surface area contributed by atoms with Gasteiger partial charge in [-0.25, -0.2) is 13.1 Å². The molecular formula is C11H16BrNO2S. The monoisotopic (exact) mass is 305 g/mol. The van der Waals surface area contributed by atoms with Crippen LogP contribution in [0.25, 0.3) is 0 Å². The van der Waals surface area contributed by atoms with Gasteiger partial charge in [-0.1, -0.05) is 46.3 Å². The lowest BCUT2D eigenvalue weighted by atomic mass is 10.1. The Balaban J connectivity index is 2.74. The Kier molecular flexibility index (Phi) is 4.52. The summed E-state index contributed by atoms with van der Waals surface area (Å²) >= 11 is 3.28. The fourth-order valence-corrected chi connectivity index (χ4v) is 3.22. The molecule has 0 radical (unpaired) electrons. The first-order valence-electron chi connectivity index (χ1n) is 4.96. The molecule has 90 valence electrons. The first-order valence-corrected chi connectivity index (χ1v) is 7.73. The molecule has 0 aliphatic rings. The van der Waals surface area contributed by atoms with Gasteiger partial charge in [0.15, 0.2) is 0 Å². The number of sulfonamides is 1. The molecule has 0 aliphatic heterocycles. The van der Waals surface area contributed by atoms with Crippen LogP contribution in [0.1, 0.15) is 19.4 Å². The molecule has 0 spiro atoms. The van der Waals surface area contributed by atoms with Gasteiger partial charge in [0, 0.05) is 10.9 Å². The number of hydrogen-bond acceptors (Lipinski definition) is 2. The predicted octanol–water partition coefficient (Wildman–Crippen LogP) is 2.28. The molecule has 0 aliphatic carbocycles. The average Bonchev–Trinajstić information content (AvgIpc) is 2.17. The first-order chi connectivity index (χ1) is 7.35. The van der Waals surface area contributed by atoms with E-state index in [-0.39, 0.29) is 5.75 Å². The average molecular weight is 306 g/mol. The van der Waals surface area contributed by atoms with Crippen LogP contribution in [0.15, 0.2) is 30.3 Å². The van der Waals surface area contributed by atoms with Gasteiger partial charge < -0.3 is 0 Å². The summed E-state index contributed by atoms with van der Waals surface area (Å²) < 4.78 is 26.3. The molecule has 3 nitrogen and oxygen atoms in total. The van der Waals surface area contributed by atoms with Gasteiger partial charge in [0.2, 0.25) is 10.0 Å². The summed E-state index contributed by atoms with van der Waals surface area (Å²) in [6, 6.07) is 9.15. The third-order valence-corrected chi connectivity index (χ3v) is 4.94. The van der Waals surface area contributed by atoms with Gasteiger partial charge in [-0.05, 0) is 19.4 Å². The third kappa shape index (κ3) is 4.63. The summed E-state index contributed by atoms with van der Waals surface area (Å²) in [6.45, 7) is 3.68. The normalized spacial score (nSPS) is 12.7. The van der Waals surface area contributed by atoms with E-state index in [0.717, 1.165) is 5.56 Å². The zero-order chi connectivity index (χ0) is 12.2. The molecule has 0 amide bonds. The van der Waals surface area contributed by atoms with Crippen molar-refractivity contribution in [2.45, 2.75) is 25.1 Å². The van der Waals surface area contributed by atoms with Crippen molar-refractivity contribution in [2.24, 2.45) is 0 Å². The Hall–Kier alpha value is -0.390. The lowest BCUT2D eigenvalue weighted by molar-refractivity contribution is 0.500. The predicted molar refractivity (Wildman–Crippen MR) is 70.1 cm³/mol. The lowest BCUT2D eigenvalue weighted by Crippen LogP contribution is -2.45. The highest BCUT2D eigenvalue weighted by Crippen LogP contribution is 2.11. The SMILES string of the molecule is CC(C)(CBr)NS(=O)(=O)Cc1ccccc1. The maximum Gasteiger partial charge on any atom is 0.216 e. The Morgan fingerprint density at radius 3 is 2.31 bits per heavy atom. The van der Waals surface area contributed by atoms with Crippen LogP contribution in [0.4, 0.5) is 0 Å². The standard InChI is InChI=1S/C11H16BrNO2S/c1-11(2,9-12)13-16(14,15)8-10-6-4-3-5-7-10/h3-7,13H,8-9H2,1-2H3. The zero-order valence-electron chi connectivity index (χ0n) is 9.40. The van der Waals surface area contributed by atoms with Crippen LogP contribution < -0.4 is 4.72 Å². The second-order valence-electron chi connectivity index (χ2n) is 4.36. The van der Waals surface area contributed by atoms with Gasteiger partial charge in [-0.2, -0.15) is 0 Å². The number of hydrogen-bond donors (Lipinski definition) is 1. The summed E-state index contributed by atoms with van der Waals surface area (Å²) in [6.07, 6.45) is 0. The van der Waals surface area contributed by atoms with E-state index in [0.29, 0.717) is 5.33 Å². The molecule has 0 unspecified atom stereocenters. The lowest BCUT2D eigenvalue weighted by Gasteiger charge is -2.23. The van der Waals surface area contributed by atoms with E-state index in [4.69, 9.17) is 0 Å². The molecule has 5 heteroatoms. The molecular weight excluding hydrogens is 290 g/mol. The largest absolute Gasteiger partial charge is 0.216 e. The molecule has 16 heavy (non-hydrogen) atoms. The van der Waals surface area contributed by atoms with Crippen LogP contribution in [0.2, 0.25) is 0 Å². The number of benzene rings is 1. The smallest absolute Gasteiger partial charge is 0.212 e. The molecule has 1 aromatic rings. The Bertz CT molecular complexity index is 429. The quantitative estimate of drug-likeness (QED) is 0.848. The van der Waals surface area contributed by atoms with Crippen molar-refractivity contribution >= 4 is 26.0 Å². The molecule has 0 bridgehead atoms. The molecule has 1 aromatic carbocycles. The Morgan fingerprint density at radius 2 is 1.81 bits per heavy atom. The molecule has 0 heterocycles. The number of halogens is 1. The van der Waals surface area contributed by atoms with Crippen LogP contribution >= 0.6 is 15.9 Å². The highest BCUT2D eigenvalue weighted by Gasteiger charge is 2.23. The Labute approximate surface area is 105 Å². The second kappa shape index (κ2) is 5.29. The molecule has 1 rings (SSSR count). The highest BCUT2D eigenvalue weighted by molar-refractivity contribution is 9.09. The van der Waals surface area contributed by atoms with Crippen molar-refractivity contribution in [2.75, 3.05) is 5.33 Å². The van der Waals surface area contributed by atoms with Crippen LogP contribution in [0, 0.1) is 0 Å². The van der Waals surface area contributed by atoms with Crippen molar-refractivity contribution in [3.8, 4) is 0 Å². The summed E-state index contributed by atoms with van der Waals surface area (Å²) in [4.78, 5) is 0. The minimum atomic E-state index is -3.28. The van der Waals surface area contributed by atoms with Gasteiger partial charge in [-0.15, -0.1) is 0 Å². The molecule has 0 atom stereocenters. The van der Waals surface area contributed by atoms with E-state index < -0.39 is 15.6 Å². The van der Waals surface area contributed by atoms with Crippen molar-refractivity contribution < 1.29 is 8.42 Å². The van der Waals surface area contributed by atoms with E-state index in [1.54, 1.807) is 12.1 Å². The van der Waals surface area contributed by atoms with Crippen molar-refractivity contribution in [1.29, 1.82) is 0 Å². The van der Waals surface area contributed by atoms with Crippen LogP contribution in [0.5, 0.6) is 0 Å². The molecule has 0 fully saturated rings. The fourth-order valence-electron chi connectivity index (χ4n) is 1.28. The van der Waals surface area contributed by atoms with Crippen LogP contribution in [-0.4, -0.2) is 19.3 Å². The highest BCUT2D eigenvalue weighted by atomic mass is 79.9. The van der Waals surface area contributed by atoms with Gasteiger partial charge in [-0.3, -0.25) is 0 Å². The molecule has 0 saturated carbocycles. The molecule has 0 saturated heterocycles. The maximum atomic E-state index is 11.8. The van der Waals surface area contributed by atoms with E-state index in [9.17, 15) is 8.42 Å². The topological polar surface area (TPSA) is 46.2 Å². The summed E-state index contributed by atoms with van der Waals surface area (Å²) in [5.74, 6) is 0.0181. The van der Waals surface area contributed by atoms with Gasteiger partial charge in [0.25, 0.3) is 0 Å². The maximum absolute atomic E-state index is 11.8. The minimum Gasteiger partial charge on any atom is -0.212 e. The summed E-state index contributed by atoms with van der Waals surface area (Å²) in [5.41, 5.74) is 0.327. The van der Waals surface area contributed by atoms with E-state index in [1.165, 1.54) is 0 Å². The third-order valence-electron chi connectivity index (χ3n) is 1.97. The molecule has 1 N–H and O–H groups in total. The van der Waals surface area contributed by atoms with E-state index in [1.807, 2.05) is 32.0 Å². The van der Waals surface area contributed by atoms with E-state index >= 15 is 0 Å². The van der Waals surface area contributed by atoms with Crippen molar-refractivity contribution in [3.63, 3.8) is 0 Å². The summed E-state index contributed by atoms with van der Waals surface area (Å²) in [7, 11) is -3.28. The van der Waals surface area contributed by atoms with Gasteiger partial charge >= 0.3 is 0 Å². The first kappa shape index (κ1) is 13.7. The van der Waals surface area contributed by atoms with E-state index in [2.05, 4.69) is 20.7 Å². The summed E-state index contributed by atoms with van der Waals surface area (Å²) in [5, 5.41) is 0.577. The Morgan fingerprint density at radius 1 is 1.25 bits per heavy atom. The van der Waals surface area contributed by atoms with Crippen molar-refractivity contribution in [3.05, 3.63) is 35.9 Å². The van der Waals surface area contributed by atoms with Crippen LogP contribution in [-0.2, 0) is 15.8 Å². The van der Waals surface area contributed by atoms with Gasteiger partial charge in [0.05, 0.1) is 5.75 Å². The zero-order valence-corrected chi connectivity index (χ0v) is 11.8. The number of alkyl halides is 1.